The second-order valence-corrected chi connectivity index (χ2v) is 5.52. The topological polar surface area (TPSA) is 62.5 Å². The summed E-state index contributed by atoms with van der Waals surface area (Å²) < 4.78 is 5.07. The van der Waals surface area contributed by atoms with Crippen LogP contribution in [-0.2, 0) is 0 Å². The van der Waals surface area contributed by atoms with Gasteiger partial charge in [0.2, 0.25) is 0 Å². The SMILES string of the molecule is O=C(NC1CCCCC1O)c1cccc(-c2ccoc2)c1. The first-order valence-corrected chi connectivity index (χ1v) is 7.35. The van der Waals surface area contributed by atoms with E-state index in [1.807, 2.05) is 24.3 Å². The molecule has 2 unspecified atom stereocenters. The van der Waals surface area contributed by atoms with Gasteiger partial charge in [0, 0.05) is 11.1 Å². The molecule has 0 bridgehead atoms. The lowest BCUT2D eigenvalue weighted by molar-refractivity contribution is 0.0717. The predicted molar refractivity (Wildman–Crippen MR) is 79.9 cm³/mol. The van der Waals surface area contributed by atoms with Gasteiger partial charge in [-0.15, -0.1) is 0 Å². The summed E-state index contributed by atoms with van der Waals surface area (Å²) in [5.41, 5.74) is 2.49. The molecule has 21 heavy (non-hydrogen) atoms. The van der Waals surface area contributed by atoms with Gasteiger partial charge in [-0.05, 0) is 36.6 Å². The van der Waals surface area contributed by atoms with Crippen LogP contribution in [-0.4, -0.2) is 23.2 Å². The molecule has 1 aliphatic carbocycles. The molecule has 1 amide bonds. The molecule has 1 fully saturated rings. The third kappa shape index (κ3) is 3.16. The first-order valence-electron chi connectivity index (χ1n) is 7.35. The summed E-state index contributed by atoms with van der Waals surface area (Å²) >= 11 is 0. The number of benzene rings is 1. The molecule has 0 radical (unpaired) electrons. The molecule has 4 nitrogen and oxygen atoms in total. The summed E-state index contributed by atoms with van der Waals surface area (Å²) in [6.07, 6.45) is 6.52. The van der Waals surface area contributed by atoms with Gasteiger partial charge in [-0.1, -0.05) is 25.0 Å². The minimum absolute atomic E-state index is 0.133. The molecule has 0 aliphatic heterocycles. The molecule has 1 aliphatic rings. The first-order chi connectivity index (χ1) is 10.2. The van der Waals surface area contributed by atoms with Gasteiger partial charge in [0.25, 0.3) is 5.91 Å². The molecule has 1 heterocycles. The fraction of sp³-hybridized carbons (Fsp3) is 0.353. The summed E-state index contributed by atoms with van der Waals surface area (Å²) in [6, 6.07) is 9.15. The maximum atomic E-state index is 12.3. The van der Waals surface area contributed by atoms with E-state index in [0.717, 1.165) is 36.8 Å². The Kier molecular flexibility index (Phi) is 4.06. The summed E-state index contributed by atoms with van der Waals surface area (Å²) in [4.78, 5) is 12.3. The number of furan rings is 1. The largest absolute Gasteiger partial charge is 0.472 e. The van der Waals surface area contributed by atoms with Crippen LogP contribution in [0, 0.1) is 0 Å². The van der Waals surface area contributed by atoms with E-state index >= 15 is 0 Å². The zero-order valence-corrected chi connectivity index (χ0v) is 11.8. The quantitative estimate of drug-likeness (QED) is 0.911. The van der Waals surface area contributed by atoms with Gasteiger partial charge >= 0.3 is 0 Å². The van der Waals surface area contributed by atoms with Crippen molar-refractivity contribution in [2.45, 2.75) is 37.8 Å². The van der Waals surface area contributed by atoms with Crippen molar-refractivity contribution in [1.29, 1.82) is 0 Å². The predicted octanol–water partition coefficient (Wildman–Crippen LogP) is 2.98. The van der Waals surface area contributed by atoms with E-state index in [0.29, 0.717) is 5.56 Å². The lowest BCUT2D eigenvalue weighted by Gasteiger charge is -2.28. The number of rotatable bonds is 3. The van der Waals surface area contributed by atoms with Crippen LogP contribution in [0.2, 0.25) is 0 Å². The van der Waals surface area contributed by atoms with Crippen LogP contribution in [0.15, 0.2) is 47.3 Å². The minimum atomic E-state index is -0.431. The number of hydrogen-bond donors (Lipinski definition) is 2. The molecule has 1 saturated carbocycles. The lowest BCUT2D eigenvalue weighted by atomic mass is 9.92. The molecule has 1 aromatic heterocycles. The van der Waals surface area contributed by atoms with Crippen molar-refractivity contribution < 1.29 is 14.3 Å². The zero-order valence-electron chi connectivity index (χ0n) is 11.8. The third-order valence-corrected chi connectivity index (χ3v) is 4.03. The van der Waals surface area contributed by atoms with E-state index in [1.54, 1.807) is 18.6 Å². The first kappa shape index (κ1) is 13.9. The Morgan fingerprint density at radius 3 is 2.81 bits per heavy atom. The van der Waals surface area contributed by atoms with Gasteiger partial charge < -0.3 is 14.8 Å². The van der Waals surface area contributed by atoms with Gasteiger partial charge in [-0.25, -0.2) is 0 Å². The monoisotopic (exact) mass is 285 g/mol. The zero-order chi connectivity index (χ0) is 14.7. The van der Waals surface area contributed by atoms with Crippen molar-refractivity contribution in [3.05, 3.63) is 48.4 Å². The fourth-order valence-electron chi connectivity index (χ4n) is 2.80. The van der Waals surface area contributed by atoms with Crippen molar-refractivity contribution in [3.63, 3.8) is 0 Å². The Balaban J connectivity index is 1.74. The summed E-state index contributed by atoms with van der Waals surface area (Å²) in [6.45, 7) is 0. The van der Waals surface area contributed by atoms with E-state index < -0.39 is 6.10 Å². The standard InChI is InChI=1S/C17H19NO3/c19-16-7-2-1-6-15(16)18-17(20)13-5-3-4-12(10-13)14-8-9-21-11-14/h3-5,8-11,15-16,19H,1-2,6-7H2,(H,18,20). The highest BCUT2D eigenvalue weighted by atomic mass is 16.3. The van der Waals surface area contributed by atoms with Crippen LogP contribution in [0.1, 0.15) is 36.0 Å². The van der Waals surface area contributed by atoms with Crippen molar-refractivity contribution >= 4 is 5.91 Å². The maximum Gasteiger partial charge on any atom is 0.251 e. The molecule has 2 aromatic rings. The highest BCUT2D eigenvalue weighted by molar-refractivity contribution is 5.95. The average molecular weight is 285 g/mol. The molecular formula is C17H19NO3. The van der Waals surface area contributed by atoms with Crippen LogP contribution in [0.4, 0.5) is 0 Å². The van der Waals surface area contributed by atoms with E-state index in [4.69, 9.17) is 4.42 Å². The maximum absolute atomic E-state index is 12.3. The number of hydrogen-bond acceptors (Lipinski definition) is 3. The Morgan fingerprint density at radius 1 is 1.19 bits per heavy atom. The Morgan fingerprint density at radius 2 is 2.05 bits per heavy atom. The van der Waals surface area contributed by atoms with E-state index in [2.05, 4.69) is 5.32 Å². The van der Waals surface area contributed by atoms with E-state index in [1.165, 1.54) is 0 Å². The molecule has 4 heteroatoms. The van der Waals surface area contributed by atoms with Crippen molar-refractivity contribution in [2.24, 2.45) is 0 Å². The van der Waals surface area contributed by atoms with E-state index in [9.17, 15) is 9.90 Å². The number of aliphatic hydroxyl groups is 1. The highest BCUT2D eigenvalue weighted by Gasteiger charge is 2.24. The van der Waals surface area contributed by atoms with E-state index in [-0.39, 0.29) is 11.9 Å². The highest BCUT2D eigenvalue weighted by Crippen LogP contribution is 2.22. The molecular weight excluding hydrogens is 266 g/mol. The molecule has 110 valence electrons. The van der Waals surface area contributed by atoms with Gasteiger partial charge in [0.05, 0.1) is 24.7 Å². The fourth-order valence-corrected chi connectivity index (χ4v) is 2.80. The number of amides is 1. The summed E-state index contributed by atoms with van der Waals surface area (Å²) in [5, 5.41) is 12.9. The lowest BCUT2D eigenvalue weighted by Crippen LogP contribution is -2.45. The van der Waals surface area contributed by atoms with Crippen molar-refractivity contribution in [3.8, 4) is 11.1 Å². The summed E-state index contributed by atoms with van der Waals surface area (Å²) in [5.74, 6) is -0.133. The van der Waals surface area contributed by atoms with Crippen LogP contribution in [0.25, 0.3) is 11.1 Å². The Bertz CT molecular complexity index is 606. The number of carbonyl (C=O) groups excluding carboxylic acids is 1. The second-order valence-electron chi connectivity index (χ2n) is 5.52. The average Bonchev–Trinajstić information content (AvgIpc) is 3.04. The normalized spacial score (nSPS) is 22.0. The van der Waals surface area contributed by atoms with Gasteiger partial charge in [0.15, 0.2) is 0 Å². The molecule has 3 rings (SSSR count). The van der Waals surface area contributed by atoms with Crippen LogP contribution in [0.3, 0.4) is 0 Å². The number of nitrogens with one attached hydrogen (secondary N) is 1. The minimum Gasteiger partial charge on any atom is -0.472 e. The number of carbonyl (C=O) groups is 1. The molecule has 2 atom stereocenters. The molecule has 0 spiro atoms. The van der Waals surface area contributed by atoms with Crippen molar-refractivity contribution in [2.75, 3.05) is 0 Å². The third-order valence-electron chi connectivity index (χ3n) is 4.03. The molecule has 1 aromatic carbocycles. The molecule has 2 N–H and O–H groups in total. The molecule has 0 saturated heterocycles. The van der Waals surface area contributed by atoms with Crippen LogP contribution in [0.5, 0.6) is 0 Å². The Labute approximate surface area is 123 Å². The number of aliphatic hydroxyl groups excluding tert-OH is 1. The smallest absolute Gasteiger partial charge is 0.251 e. The second kappa shape index (κ2) is 6.14. The summed E-state index contributed by atoms with van der Waals surface area (Å²) in [7, 11) is 0. The van der Waals surface area contributed by atoms with Crippen LogP contribution < -0.4 is 5.32 Å². The van der Waals surface area contributed by atoms with Gasteiger partial charge in [-0.2, -0.15) is 0 Å². The van der Waals surface area contributed by atoms with Crippen molar-refractivity contribution in [1.82, 2.24) is 5.32 Å². The van der Waals surface area contributed by atoms with Gasteiger partial charge in [-0.3, -0.25) is 4.79 Å². The Hall–Kier alpha value is -2.07. The van der Waals surface area contributed by atoms with Gasteiger partial charge in [0.1, 0.15) is 0 Å². The van der Waals surface area contributed by atoms with Crippen LogP contribution >= 0.6 is 0 Å².